The van der Waals surface area contributed by atoms with E-state index in [4.69, 9.17) is 19.3 Å². The molecule has 3 rings (SSSR count). The lowest BCUT2D eigenvalue weighted by molar-refractivity contribution is -0.143. The highest BCUT2D eigenvalue weighted by Gasteiger charge is 2.41. The Labute approximate surface area is 238 Å². The molecule has 2 aromatic carbocycles. The van der Waals surface area contributed by atoms with Crippen molar-refractivity contribution in [1.29, 1.82) is 0 Å². The van der Waals surface area contributed by atoms with Crippen LogP contribution in [0.5, 0.6) is 11.5 Å². The molecule has 0 bridgehead atoms. The molecule has 1 aliphatic carbocycles. The summed E-state index contributed by atoms with van der Waals surface area (Å²) < 4.78 is 30.7. The highest BCUT2D eigenvalue weighted by Crippen LogP contribution is 2.37. The van der Waals surface area contributed by atoms with E-state index in [9.17, 15) is 23.9 Å². The highest BCUT2D eigenvalue weighted by atomic mass is 127. The number of rotatable bonds is 12. The maximum atomic E-state index is 13.5. The number of nitrogens with zero attached hydrogens (tertiary/aromatic N) is 1. The second-order valence-electron chi connectivity index (χ2n) is 8.75. The fraction of sp³-hybridized carbons (Fsp3) is 0.370. The summed E-state index contributed by atoms with van der Waals surface area (Å²) in [6.45, 7) is -0.538. The first-order valence-corrected chi connectivity index (χ1v) is 13.1. The molecular weight excluding hydrogens is 626 g/mol. The maximum absolute atomic E-state index is 13.5. The van der Waals surface area contributed by atoms with Gasteiger partial charge >= 0.3 is 0 Å². The predicted octanol–water partition coefficient (Wildman–Crippen LogP) is 1.84. The summed E-state index contributed by atoms with van der Waals surface area (Å²) in [5, 5.41) is 23.2. The molecule has 3 unspecified atom stereocenters. The summed E-state index contributed by atoms with van der Waals surface area (Å²) in [4.78, 5) is 38.8. The van der Waals surface area contributed by atoms with Crippen molar-refractivity contribution in [3.8, 4) is 11.5 Å². The fourth-order valence-corrected chi connectivity index (χ4v) is 4.97. The molecule has 0 aromatic heterocycles. The number of aldehydes is 1. The second-order valence-corrected chi connectivity index (χ2v) is 9.91. The van der Waals surface area contributed by atoms with E-state index in [1.165, 1.54) is 55.5 Å². The third kappa shape index (κ3) is 7.75. The highest BCUT2D eigenvalue weighted by molar-refractivity contribution is 14.1. The van der Waals surface area contributed by atoms with E-state index in [0.29, 0.717) is 21.0 Å². The van der Waals surface area contributed by atoms with Crippen molar-refractivity contribution in [2.45, 2.75) is 31.2 Å². The maximum Gasteiger partial charge on any atom is 0.249 e. The molecule has 0 radical (unpaired) electrons. The normalized spacial score (nSPS) is 18.6. The monoisotopic (exact) mass is 656 g/mol. The number of benzene rings is 2. The molecule has 0 aliphatic heterocycles. The summed E-state index contributed by atoms with van der Waals surface area (Å²) in [6.07, 6.45) is -0.291. The predicted molar refractivity (Wildman–Crippen MR) is 147 cm³/mol. The van der Waals surface area contributed by atoms with E-state index in [1.54, 1.807) is 6.07 Å². The average Bonchev–Trinajstić information content (AvgIpc) is 2.93. The number of hydrogen-bond donors (Lipinski definition) is 3. The van der Waals surface area contributed by atoms with Gasteiger partial charge in [-0.1, -0.05) is 12.1 Å². The number of aliphatic hydroxyl groups is 2. The van der Waals surface area contributed by atoms with Gasteiger partial charge in [0.05, 0.1) is 23.3 Å². The Hall–Kier alpha value is -3.07. The molecule has 210 valence electrons. The summed E-state index contributed by atoms with van der Waals surface area (Å²) in [6, 6.07) is 7.72. The van der Waals surface area contributed by atoms with Gasteiger partial charge in [0.25, 0.3) is 0 Å². The van der Waals surface area contributed by atoms with Crippen molar-refractivity contribution in [1.82, 2.24) is 10.2 Å². The zero-order chi connectivity index (χ0) is 28.5. The molecule has 3 N–H and O–H groups in total. The Morgan fingerprint density at radius 3 is 2.56 bits per heavy atom. The van der Waals surface area contributed by atoms with Crippen LogP contribution in [-0.4, -0.2) is 85.4 Å². The Morgan fingerprint density at radius 2 is 1.95 bits per heavy atom. The van der Waals surface area contributed by atoms with Gasteiger partial charge in [-0.15, -0.1) is 0 Å². The standard InChI is InChI=1S/C27H30FIN2O8/c1-37-15-24(34)31(13-16-3-5-19(28)6-4-16)21-11-18(27(36)30-7-8-32)12-22(25(21)35)39-26-20(29)9-17(14-33)10-23(26)38-2/h3-6,9-10,12,14,21-22,25,32,35H,7-8,11,13,15H2,1-2H3,(H,30,36). The van der Waals surface area contributed by atoms with Crippen molar-refractivity contribution in [3.63, 3.8) is 0 Å². The van der Waals surface area contributed by atoms with E-state index < -0.39 is 35.9 Å². The molecule has 0 fully saturated rings. The van der Waals surface area contributed by atoms with Gasteiger partial charge in [-0.3, -0.25) is 14.4 Å². The van der Waals surface area contributed by atoms with Crippen molar-refractivity contribution in [2.75, 3.05) is 34.0 Å². The number of nitrogens with one attached hydrogen (secondary N) is 1. The van der Waals surface area contributed by atoms with E-state index in [-0.39, 0.29) is 49.8 Å². The van der Waals surface area contributed by atoms with E-state index >= 15 is 0 Å². The van der Waals surface area contributed by atoms with Crippen molar-refractivity contribution >= 4 is 40.7 Å². The van der Waals surface area contributed by atoms with Crippen LogP contribution in [0.4, 0.5) is 4.39 Å². The Kier molecular flexibility index (Phi) is 11.2. The van der Waals surface area contributed by atoms with Gasteiger partial charge in [0.15, 0.2) is 11.5 Å². The van der Waals surface area contributed by atoms with Gasteiger partial charge in [0.2, 0.25) is 11.8 Å². The quantitative estimate of drug-likeness (QED) is 0.233. The minimum absolute atomic E-state index is 0.00962. The number of carbonyl (C=O) groups is 3. The molecule has 1 aliphatic rings. The fourth-order valence-electron chi connectivity index (χ4n) is 4.22. The van der Waals surface area contributed by atoms with Gasteiger partial charge in [-0.05, 0) is 58.5 Å². The summed E-state index contributed by atoms with van der Waals surface area (Å²) >= 11 is 1.97. The van der Waals surface area contributed by atoms with Crippen LogP contribution in [0.3, 0.4) is 0 Å². The molecule has 39 heavy (non-hydrogen) atoms. The SMILES string of the molecule is COCC(=O)N(Cc1ccc(F)cc1)C1CC(C(=O)NCCO)=CC(Oc2c(I)cc(C=O)cc2OC)C1O. The smallest absolute Gasteiger partial charge is 0.249 e. The molecule has 2 aromatic rings. The first-order valence-electron chi connectivity index (χ1n) is 12.0. The van der Waals surface area contributed by atoms with Crippen LogP contribution in [0.1, 0.15) is 22.3 Å². The van der Waals surface area contributed by atoms with Gasteiger partial charge < -0.3 is 34.6 Å². The molecule has 0 heterocycles. The topological polar surface area (TPSA) is 135 Å². The lowest BCUT2D eigenvalue weighted by Crippen LogP contribution is -2.55. The Bertz CT molecular complexity index is 1210. The first-order chi connectivity index (χ1) is 18.7. The molecule has 12 heteroatoms. The van der Waals surface area contributed by atoms with Crippen LogP contribution in [0.2, 0.25) is 0 Å². The van der Waals surface area contributed by atoms with Crippen LogP contribution in [0.25, 0.3) is 0 Å². The minimum atomic E-state index is -1.30. The van der Waals surface area contributed by atoms with Crippen LogP contribution in [0.15, 0.2) is 48.0 Å². The van der Waals surface area contributed by atoms with Crippen LogP contribution in [0, 0.1) is 9.39 Å². The lowest BCUT2D eigenvalue weighted by Gasteiger charge is -2.40. The molecular formula is C27H30FIN2O8. The number of amides is 2. The Balaban J connectivity index is 2.03. The average molecular weight is 656 g/mol. The summed E-state index contributed by atoms with van der Waals surface area (Å²) in [7, 11) is 2.77. The molecule has 10 nitrogen and oxygen atoms in total. The first kappa shape index (κ1) is 30.5. The van der Waals surface area contributed by atoms with Crippen LogP contribution in [-0.2, 0) is 20.9 Å². The lowest BCUT2D eigenvalue weighted by atomic mass is 9.87. The molecule has 2 amide bonds. The summed E-state index contributed by atoms with van der Waals surface area (Å²) in [5.74, 6) is -0.892. The molecule has 0 saturated heterocycles. The number of hydrogen-bond acceptors (Lipinski definition) is 8. The van der Waals surface area contributed by atoms with Crippen molar-refractivity contribution in [2.24, 2.45) is 0 Å². The third-order valence-electron chi connectivity index (χ3n) is 6.11. The zero-order valence-electron chi connectivity index (χ0n) is 21.4. The summed E-state index contributed by atoms with van der Waals surface area (Å²) in [5.41, 5.74) is 1.20. The van der Waals surface area contributed by atoms with E-state index in [2.05, 4.69) is 5.32 Å². The number of ether oxygens (including phenoxy) is 3. The van der Waals surface area contributed by atoms with Gasteiger partial charge in [-0.25, -0.2) is 4.39 Å². The van der Waals surface area contributed by atoms with E-state index in [1.807, 2.05) is 22.6 Å². The molecule has 0 saturated carbocycles. The largest absolute Gasteiger partial charge is 0.493 e. The number of aliphatic hydroxyl groups excluding tert-OH is 2. The van der Waals surface area contributed by atoms with Gasteiger partial charge in [0.1, 0.15) is 30.9 Å². The Morgan fingerprint density at radius 1 is 1.23 bits per heavy atom. The van der Waals surface area contributed by atoms with Gasteiger partial charge in [-0.2, -0.15) is 0 Å². The number of carbonyl (C=O) groups excluding carboxylic acids is 3. The van der Waals surface area contributed by atoms with E-state index in [0.717, 1.165) is 0 Å². The van der Waals surface area contributed by atoms with Crippen LogP contribution < -0.4 is 14.8 Å². The molecule has 0 spiro atoms. The number of halogens is 2. The third-order valence-corrected chi connectivity index (χ3v) is 6.91. The number of methoxy groups -OCH3 is 2. The minimum Gasteiger partial charge on any atom is -0.493 e. The van der Waals surface area contributed by atoms with Crippen LogP contribution >= 0.6 is 22.6 Å². The van der Waals surface area contributed by atoms with Crippen molar-refractivity contribution < 1.29 is 43.2 Å². The van der Waals surface area contributed by atoms with Gasteiger partial charge in [0, 0.05) is 37.8 Å². The second kappa shape index (κ2) is 14.4. The van der Waals surface area contributed by atoms with Crippen molar-refractivity contribution in [3.05, 3.63) is 68.6 Å². The zero-order valence-corrected chi connectivity index (χ0v) is 23.6. The molecule has 3 atom stereocenters.